The van der Waals surface area contributed by atoms with Gasteiger partial charge in [0.1, 0.15) is 20.8 Å². The molecule has 11 heteroatoms. The molecule has 2 aliphatic rings. The number of hydrogen-bond acceptors (Lipinski definition) is 9. The van der Waals surface area contributed by atoms with Gasteiger partial charge >= 0.3 is 0 Å². The van der Waals surface area contributed by atoms with Crippen molar-refractivity contribution in [1.82, 2.24) is 9.97 Å². The van der Waals surface area contributed by atoms with Crippen molar-refractivity contribution in [2.75, 3.05) is 62.4 Å². The van der Waals surface area contributed by atoms with Gasteiger partial charge in [-0.15, -0.1) is 22.7 Å². The minimum Gasteiger partial charge on any atom is -0.378 e. The highest BCUT2D eigenvalue weighted by Gasteiger charge is 2.18. The zero-order valence-electron chi connectivity index (χ0n) is 18.2. The number of ether oxygens (including phenoxy) is 2. The predicted molar refractivity (Wildman–Crippen MR) is 146 cm³/mol. The van der Waals surface area contributed by atoms with E-state index in [1.165, 1.54) is 21.4 Å². The van der Waals surface area contributed by atoms with Crippen LogP contribution in [0.4, 0.5) is 11.6 Å². The van der Waals surface area contributed by atoms with E-state index in [2.05, 4.69) is 69.1 Å². The zero-order chi connectivity index (χ0) is 23.5. The summed E-state index contributed by atoms with van der Waals surface area (Å²) in [6.45, 7) is 6.57. The molecule has 6 rings (SSSR count). The lowest BCUT2D eigenvalue weighted by Crippen LogP contribution is -2.36. The Kier molecular flexibility index (Phi) is 7.77. The molecule has 2 saturated heterocycles. The number of nitrogens with zero attached hydrogens (tertiary/aromatic N) is 4. The Balaban J connectivity index is 0.000000142. The van der Waals surface area contributed by atoms with E-state index in [-0.39, 0.29) is 0 Å². The van der Waals surface area contributed by atoms with Crippen LogP contribution < -0.4 is 9.80 Å². The van der Waals surface area contributed by atoms with Crippen LogP contribution in [-0.4, -0.2) is 68.9 Å². The summed E-state index contributed by atoms with van der Waals surface area (Å²) in [6, 6.07) is 8.05. The minimum atomic E-state index is 0.724. The summed E-state index contributed by atoms with van der Waals surface area (Å²) in [4.78, 5) is 25.3. The zero-order valence-corrected chi connectivity index (χ0v) is 23.0. The normalized spacial score (nSPS) is 16.5. The van der Waals surface area contributed by atoms with E-state index in [0.717, 1.165) is 94.7 Å². The molecule has 0 aliphatic carbocycles. The number of hydrogen-bond donors (Lipinski definition) is 0. The first-order valence-corrected chi connectivity index (χ1v) is 14.1. The molecular formula is C23H22Br2N4O3S2. The maximum atomic E-state index is 10.9. The van der Waals surface area contributed by atoms with Gasteiger partial charge in [-0.25, -0.2) is 9.97 Å². The van der Waals surface area contributed by atoms with Crippen LogP contribution in [0.15, 0.2) is 38.9 Å². The average molecular weight is 626 g/mol. The van der Waals surface area contributed by atoms with Crippen molar-refractivity contribution < 1.29 is 14.3 Å². The van der Waals surface area contributed by atoms with Crippen LogP contribution in [0.2, 0.25) is 0 Å². The third kappa shape index (κ3) is 5.29. The Morgan fingerprint density at radius 2 is 1.38 bits per heavy atom. The highest BCUT2D eigenvalue weighted by molar-refractivity contribution is 9.10. The van der Waals surface area contributed by atoms with Crippen LogP contribution in [0.1, 0.15) is 9.67 Å². The molecule has 34 heavy (non-hydrogen) atoms. The molecule has 2 aliphatic heterocycles. The molecule has 0 spiro atoms. The molecule has 0 N–H and O–H groups in total. The average Bonchev–Trinajstić information content (AvgIpc) is 3.51. The number of fused-ring (bicyclic) bond motifs is 2. The monoisotopic (exact) mass is 624 g/mol. The Labute approximate surface area is 221 Å². The molecule has 2 fully saturated rings. The van der Waals surface area contributed by atoms with Gasteiger partial charge in [0, 0.05) is 26.2 Å². The molecule has 0 amide bonds. The van der Waals surface area contributed by atoms with Gasteiger partial charge in [0.25, 0.3) is 0 Å². The molecule has 0 aromatic carbocycles. The Hall–Kier alpha value is -1.63. The summed E-state index contributed by atoms with van der Waals surface area (Å²) in [7, 11) is 0. The molecule has 0 saturated carbocycles. The lowest BCUT2D eigenvalue weighted by atomic mass is 10.3. The number of morpholine rings is 2. The van der Waals surface area contributed by atoms with Gasteiger partial charge in [0.2, 0.25) is 0 Å². The maximum absolute atomic E-state index is 10.9. The quantitative estimate of drug-likeness (QED) is 0.217. The van der Waals surface area contributed by atoms with Gasteiger partial charge in [-0.2, -0.15) is 0 Å². The molecule has 0 atom stereocenters. The van der Waals surface area contributed by atoms with Crippen molar-refractivity contribution in [3.05, 3.63) is 43.7 Å². The molecule has 4 aromatic heterocycles. The highest BCUT2D eigenvalue weighted by Crippen LogP contribution is 2.35. The number of rotatable bonds is 3. The van der Waals surface area contributed by atoms with E-state index in [9.17, 15) is 4.79 Å². The maximum Gasteiger partial charge on any atom is 0.160 e. The summed E-state index contributed by atoms with van der Waals surface area (Å²) in [5.74, 6) is 2.03. The van der Waals surface area contributed by atoms with Crippen LogP contribution in [0.5, 0.6) is 0 Å². The first-order chi connectivity index (χ1) is 16.6. The van der Waals surface area contributed by atoms with Crippen molar-refractivity contribution in [3.63, 3.8) is 0 Å². The Morgan fingerprint density at radius 3 is 1.97 bits per heavy atom. The number of aromatic nitrogens is 2. The van der Waals surface area contributed by atoms with Crippen molar-refractivity contribution in [2.24, 2.45) is 0 Å². The minimum absolute atomic E-state index is 0.724. The summed E-state index contributed by atoms with van der Waals surface area (Å²) in [6.07, 6.45) is 0.891. The van der Waals surface area contributed by atoms with E-state index >= 15 is 0 Å². The predicted octanol–water partition coefficient (Wildman–Crippen LogP) is 5.60. The molecular weight excluding hydrogens is 604 g/mol. The first kappa shape index (κ1) is 24.1. The molecule has 0 bridgehead atoms. The second-order valence-corrected chi connectivity index (χ2v) is 11.4. The van der Waals surface area contributed by atoms with E-state index in [4.69, 9.17) is 9.47 Å². The fourth-order valence-electron chi connectivity index (χ4n) is 3.98. The Morgan fingerprint density at radius 1 is 0.824 bits per heavy atom. The summed E-state index contributed by atoms with van der Waals surface area (Å²) in [5, 5.41) is 4.43. The fourth-order valence-corrected chi connectivity index (χ4v) is 6.68. The lowest BCUT2D eigenvalue weighted by molar-refractivity contribution is 0.112. The van der Waals surface area contributed by atoms with Crippen LogP contribution in [0.25, 0.3) is 20.2 Å². The van der Waals surface area contributed by atoms with Crippen LogP contribution in [0.3, 0.4) is 0 Å². The highest BCUT2D eigenvalue weighted by atomic mass is 79.9. The van der Waals surface area contributed by atoms with Gasteiger partial charge in [-0.05, 0) is 72.3 Å². The molecule has 178 valence electrons. The number of thiophene rings is 2. The second kappa shape index (κ2) is 11.0. The molecule has 0 radical (unpaired) electrons. The van der Waals surface area contributed by atoms with Gasteiger partial charge in [-0.1, -0.05) is 0 Å². The summed E-state index contributed by atoms with van der Waals surface area (Å²) in [5.41, 5.74) is 0. The third-order valence-corrected chi connectivity index (χ3v) is 8.40. The van der Waals surface area contributed by atoms with E-state index in [1.54, 1.807) is 11.3 Å². The topological polar surface area (TPSA) is 67.8 Å². The fraction of sp³-hybridized carbons (Fsp3) is 0.348. The van der Waals surface area contributed by atoms with Crippen LogP contribution in [0, 0.1) is 0 Å². The number of anilines is 2. The van der Waals surface area contributed by atoms with Gasteiger partial charge in [0.15, 0.2) is 6.29 Å². The van der Waals surface area contributed by atoms with E-state index in [1.807, 2.05) is 12.1 Å². The number of pyridine rings is 2. The second-order valence-electron chi connectivity index (χ2n) is 7.76. The summed E-state index contributed by atoms with van der Waals surface area (Å²) >= 11 is 10.1. The largest absolute Gasteiger partial charge is 0.378 e. The molecule has 7 nitrogen and oxygen atoms in total. The van der Waals surface area contributed by atoms with Gasteiger partial charge < -0.3 is 19.3 Å². The van der Waals surface area contributed by atoms with Gasteiger partial charge in [0.05, 0.1) is 40.7 Å². The molecule has 6 heterocycles. The van der Waals surface area contributed by atoms with E-state index in [0.29, 0.717) is 0 Å². The van der Waals surface area contributed by atoms with Crippen molar-refractivity contribution >= 4 is 92.6 Å². The number of halogens is 2. The third-order valence-electron chi connectivity index (χ3n) is 5.59. The first-order valence-electron chi connectivity index (χ1n) is 10.9. The van der Waals surface area contributed by atoms with Crippen molar-refractivity contribution in [1.29, 1.82) is 0 Å². The SMILES string of the molecule is Brc1cc2ccsc2c(N2CCOCC2)n1.O=Cc1cc2cc(Br)nc(N3CCOCC3)c2s1. The van der Waals surface area contributed by atoms with E-state index < -0.39 is 0 Å². The molecule has 4 aromatic rings. The Bertz CT molecular complexity index is 1300. The smallest absolute Gasteiger partial charge is 0.160 e. The van der Waals surface area contributed by atoms with Crippen molar-refractivity contribution in [3.8, 4) is 0 Å². The number of carbonyl (C=O) groups is 1. The van der Waals surface area contributed by atoms with Crippen LogP contribution >= 0.6 is 54.5 Å². The molecule has 0 unspecified atom stereocenters. The summed E-state index contributed by atoms with van der Waals surface area (Å²) < 4.78 is 14.8. The number of aldehydes is 1. The standard InChI is InChI=1S/C12H11BrN2O2S.C11H11BrN2OS/c13-10-6-8-5-9(7-16)18-11(8)12(14-10)15-1-3-17-4-2-15;12-9-7-8-1-6-16-10(8)11(13-9)14-2-4-15-5-3-14/h5-7H,1-4H2;1,6-7H,2-5H2. The van der Waals surface area contributed by atoms with Gasteiger partial charge in [-0.3, -0.25) is 4.79 Å². The van der Waals surface area contributed by atoms with Crippen molar-refractivity contribution in [2.45, 2.75) is 0 Å². The lowest BCUT2D eigenvalue weighted by Gasteiger charge is -2.28. The van der Waals surface area contributed by atoms with Crippen LogP contribution in [-0.2, 0) is 9.47 Å². The number of carbonyl (C=O) groups excluding carboxylic acids is 1.